The van der Waals surface area contributed by atoms with Crippen LogP contribution in [-0.2, 0) is 6.67 Å². The molecule has 0 radical (unpaired) electrons. The Hall–Kier alpha value is -3.74. The summed E-state index contributed by atoms with van der Waals surface area (Å²) in [4.78, 5) is 6.50. The van der Waals surface area contributed by atoms with Crippen molar-refractivity contribution in [2.24, 2.45) is 9.98 Å². The molecule has 0 saturated heterocycles. The summed E-state index contributed by atoms with van der Waals surface area (Å²) in [5.74, 6) is -20.5. The molecule has 0 amide bonds. The summed E-state index contributed by atoms with van der Waals surface area (Å²) in [5.41, 5.74) is -7.84. The van der Waals surface area contributed by atoms with Crippen molar-refractivity contribution in [1.29, 1.82) is 0 Å². The van der Waals surface area contributed by atoms with Gasteiger partial charge in [0.2, 0.25) is 0 Å². The standard InChI is InChI=1S/C36H27F13N2P2S/c1-5-6-7-20(23-19(39)10-15(27(43)34(23)53)22-28(44)31(47)35(54-49)32(48)29(22)45)51-36(16-8-12(2)17(11-37)26(42)25(16)41)50-14(4)21-18(38)9-13(3)24(40)30(46)33(21)52/h8,10H,4-7,9,11,52-53H2,1-3H3. The summed E-state index contributed by atoms with van der Waals surface area (Å²) in [7, 11) is 3.51. The first kappa shape index (κ1) is 43.0. The zero-order valence-corrected chi connectivity index (χ0v) is 31.4. The van der Waals surface area contributed by atoms with Gasteiger partial charge in [0, 0.05) is 39.3 Å². The van der Waals surface area contributed by atoms with Gasteiger partial charge in [0.25, 0.3) is 0 Å². The molecule has 4 rings (SSSR count). The van der Waals surface area contributed by atoms with Crippen LogP contribution in [0.5, 0.6) is 0 Å². The Labute approximate surface area is 309 Å². The Morgan fingerprint density at radius 3 is 1.98 bits per heavy atom. The van der Waals surface area contributed by atoms with Crippen molar-refractivity contribution in [3.63, 3.8) is 0 Å². The zero-order chi connectivity index (χ0) is 40.5. The lowest BCUT2D eigenvalue weighted by Gasteiger charge is -2.18. The van der Waals surface area contributed by atoms with Gasteiger partial charge in [-0.05, 0) is 50.0 Å². The van der Waals surface area contributed by atoms with E-state index in [1.54, 1.807) is 25.4 Å². The van der Waals surface area contributed by atoms with Crippen LogP contribution >= 0.6 is 30.6 Å². The topological polar surface area (TPSA) is 24.7 Å². The van der Waals surface area contributed by atoms with Crippen molar-refractivity contribution in [1.82, 2.24) is 0 Å². The average Bonchev–Trinajstić information content (AvgIpc) is 3.19. The highest BCUT2D eigenvalue weighted by atomic mass is 32.2. The number of aryl methyl sites for hydroxylation is 1. The predicted octanol–water partition coefficient (Wildman–Crippen LogP) is 12.6. The van der Waals surface area contributed by atoms with Crippen molar-refractivity contribution < 1.29 is 56.6 Å². The molecule has 3 aromatic carbocycles. The van der Waals surface area contributed by atoms with Crippen LogP contribution in [-0.4, -0.2) is 11.5 Å². The normalized spacial score (nSPS) is 14.5. The van der Waals surface area contributed by atoms with Gasteiger partial charge in [-0.1, -0.05) is 19.9 Å². The first-order valence-corrected chi connectivity index (χ1v) is 17.4. The number of hydrogen-bond acceptors (Lipinski definition) is 2. The maximum absolute atomic E-state index is 16.1. The minimum absolute atomic E-state index is 0.131. The third-order valence-electron chi connectivity index (χ3n) is 8.32. The fourth-order valence-corrected chi connectivity index (χ4v) is 6.69. The van der Waals surface area contributed by atoms with Crippen LogP contribution in [0.1, 0.15) is 61.8 Å². The van der Waals surface area contributed by atoms with Gasteiger partial charge in [0.1, 0.15) is 29.0 Å². The molecule has 0 heterocycles. The van der Waals surface area contributed by atoms with Gasteiger partial charge < -0.3 is 0 Å². The van der Waals surface area contributed by atoms with Crippen LogP contribution in [0.15, 0.2) is 73.2 Å². The molecule has 2 nitrogen and oxygen atoms in total. The minimum atomic E-state index is -2.24. The Bertz CT molecular complexity index is 2210. The smallest absolute Gasteiger partial charge is 0.178 e. The molecule has 3 aromatic rings. The minimum Gasteiger partial charge on any atom is -0.246 e. The maximum atomic E-state index is 16.1. The number of benzene rings is 3. The van der Waals surface area contributed by atoms with Crippen molar-refractivity contribution in [2.45, 2.75) is 58.0 Å². The highest BCUT2D eigenvalue weighted by Gasteiger charge is 2.32. The van der Waals surface area contributed by atoms with Gasteiger partial charge >= 0.3 is 0 Å². The van der Waals surface area contributed by atoms with E-state index in [9.17, 15) is 34.6 Å². The second kappa shape index (κ2) is 17.4. The molecule has 0 spiro atoms. The molecule has 0 bridgehead atoms. The lowest BCUT2D eigenvalue weighted by molar-refractivity contribution is 0.428. The van der Waals surface area contributed by atoms with Crippen LogP contribution in [0.3, 0.4) is 0 Å². The maximum Gasteiger partial charge on any atom is 0.178 e. The van der Waals surface area contributed by atoms with E-state index < -0.39 is 155 Å². The van der Waals surface area contributed by atoms with E-state index in [0.717, 1.165) is 13.0 Å². The van der Waals surface area contributed by atoms with Crippen molar-refractivity contribution in [2.75, 3.05) is 0 Å². The van der Waals surface area contributed by atoms with Crippen molar-refractivity contribution >= 4 is 47.5 Å². The van der Waals surface area contributed by atoms with Crippen molar-refractivity contribution in [3.8, 4) is 11.1 Å². The summed E-state index contributed by atoms with van der Waals surface area (Å²) in [6.07, 6.45) is -0.586. The van der Waals surface area contributed by atoms with Crippen LogP contribution in [0.2, 0.25) is 0 Å². The van der Waals surface area contributed by atoms with E-state index in [0.29, 0.717) is 6.42 Å². The molecule has 0 saturated carbocycles. The number of halogens is 13. The number of alkyl halides is 1. The lowest BCUT2D eigenvalue weighted by atomic mass is 9.97. The first-order chi connectivity index (χ1) is 25.3. The monoisotopic (exact) mass is 828 g/mol. The molecule has 0 fully saturated rings. The van der Waals surface area contributed by atoms with Gasteiger partial charge in [-0.25, -0.2) is 62.7 Å². The molecule has 1 aliphatic rings. The quantitative estimate of drug-likeness (QED) is 0.0657. The number of amidine groups is 1. The largest absolute Gasteiger partial charge is 0.246 e. The van der Waals surface area contributed by atoms with E-state index in [2.05, 4.69) is 16.6 Å². The van der Waals surface area contributed by atoms with Gasteiger partial charge in [0.05, 0.1) is 34.7 Å². The fraction of sp³-hybridized carbons (Fsp3) is 0.222. The number of rotatable bonds is 10. The molecule has 54 heavy (non-hydrogen) atoms. The third kappa shape index (κ3) is 7.97. The van der Waals surface area contributed by atoms with E-state index in [4.69, 9.17) is 0 Å². The SMILES string of the molecule is C=C(N=C(N=C(CCCC)c1c(F)cc(-c2c(F)c(F)c(SF)c(F)c2F)c(F)c1P)c1cc(C)c(CF)c(F)c1F)C1=C(F)CC(C)=C(F)C(F)=C1P. The highest BCUT2D eigenvalue weighted by Crippen LogP contribution is 2.42. The lowest BCUT2D eigenvalue weighted by Crippen LogP contribution is -2.21. The van der Waals surface area contributed by atoms with E-state index in [-0.39, 0.29) is 30.0 Å². The molecule has 0 aliphatic heterocycles. The molecule has 0 aromatic heterocycles. The summed E-state index contributed by atoms with van der Waals surface area (Å²) >= 11 is -1.17. The van der Waals surface area contributed by atoms with Gasteiger partial charge in [0.15, 0.2) is 52.4 Å². The Kier molecular flexibility index (Phi) is 13.8. The summed E-state index contributed by atoms with van der Waals surface area (Å²) in [6, 6.07) is 1.06. The molecule has 1 aliphatic carbocycles. The molecule has 2 unspecified atom stereocenters. The number of hydrogen-bond donors (Lipinski definition) is 0. The number of nitrogens with zero attached hydrogens (tertiary/aromatic N) is 2. The molecule has 0 N–H and O–H groups in total. The third-order valence-corrected chi connectivity index (χ3v) is 9.92. The van der Waals surface area contributed by atoms with E-state index in [1.165, 1.54) is 6.92 Å². The molecular weight excluding hydrogens is 801 g/mol. The number of allylic oxidation sites excluding steroid dienone is 5. The van der Waals surface area contributed by atoms with Crippen LogP contribution in [0.25, 0.3) is 11.1 Å². The first-order valence-electron chi connectivity index (χ1n) is 15.6. The zero-order valence-electron chi connectivity index (χ0n) is 28.3. The average molecular weight is 829 g/mol. The molecular formula is C36H27F13N2P2S. The van der Waals surface area contributed by atoms with Gasteiger partial charge in [-0.2, -0.15) is 3.89 Å². The number of aliphatic imine (C=N–C) groups is 2. The van der Waals surface area contributed by atoms with Gasteiger partial charge in [-0.3, -0.25) is 0 Å². The molecule has 2 atom stereocenters. The Morgan fingerprint density at radius 1 is 0.815 bits per heavy atom. The predicted molar refractivity (Wildman–Crippen MR) is 190 cm³/mol. The molecule has 288 valence electrons. The van der Waals surface area contributed by atoms with E-state index >= 15 is 22.0 Å². The van der Waals surface area contributed by atoms with Crippen LogP contribution in [0.4, 0.5) is 56.6 Å². The van der Waals surface area contributed by atoms with Crippen LogP contribution in [0, 0.1) is 53.5 Å². The summed E-state index contributed by atoms with van der Waals surface area (Å²) in [6.45, 7) is 6.09. The molecule has 18 heteroatoms. The Morgan fingerprint density at radius 2 is 1.43 bits per heavy atom. The summed E-state index contributed by atoms with van der Waals surface area (Å²) in [5, 5.41) is -1.55. The van der Waals surface area contributed by atoms with Crippen LogP contribution < -0.4 is 5.30 Å². The number of unbranched alkanes of at least 4 members (excludes halogenated alkanes) is 1. The highest BCUT2D eigenvalue weighted by molar-refractivity contribution is 7.94. The second-order valence-electron chi connectivity index (χ2n) is 11.8. The van der Waals surface area contributed by atoms with E-state index in [1.807, 2.05) is 0 Å². The Balaban J connectivity index is 2.08. The fourth-order valence-electron chi connectivity index (χ4n) is 5.46. The second-order valence-corrected chi connectivity index (χ2v) is 13.6. The van der Waals surface area contributed by atoms with Crippen molar-refractivity contribution in [3.05, 3.63) is 127 Å². The summed E-state index contributed by atoms with van der Waals surface area (Å²) < 4.78 is 193. The van der Waals surface area contributed by atoms with Gasteiger partial charge in [-0.15, -0.1) is 18.5 Å².